The van der Waals surface area contributed by atoms with E-state index < -0.39 is 0 Å². The number of likely N-dealkylation sites (tertiary alicyclic amines) is 2. The minimum atomic E-state index is -0.181. The van der Waals surface area contributed by atoms with Crippen LogP contribution in [0, 0.1) is 11.3 Å². The molecule has 1 saturated carbocycles. The molecule has 2 aliphatic heterocycles. The molecule has 1 aromatic heterocycles. The van der Waals surface area contributed by atoms with Crippen LogP contribution in [0.5, 0.6) is 0 Å². The molecule has 124 valence electrons. The van der Waals surface area contributed by atoms with E-state index in [-0.39, 0.29) is 11.3 Å². The number of piperidine rings is 2. The van der Waals surface area contributed by atoms with Crippen LogP contribution in [-0.4, -0.2) is 47.8 Å². The number of hydrogen-bond acceptors (Lipinski definition) is 3. The summed E-state index contributed by atoms with van der Waals surface area (Å²) in [6.07, 6.45) is 6.39. The quantitative estimate of drug-likeness (QED) is 0.854. The summed E-state index contributed by atoms with van der Waals surface area (Å²) in [6.45, 7) is 3.35. The maximum atomic E-state index is 13.0. The van der Waals surface area contributed by atoms with Gasteiger partial charge in [-0.15, -0.1) is 11.3 Å². The van der Waals surface area contributed by atoms with Crippen molar-refractivity contribution < 1.29 is 9.59 Å². The molecule has 23 heavy (non-hydrogen) atoms. The van der Waals surface area contributed by atoms with Crippen LogP contribution in [0.3, 0.4) is 0 Å². The fourth-order valence-corrected chi connectivity index (χ4v) is 4.79. The van der Waals surface area contributed by atoms with Crippen molar-refractivity contribution in [1.82, 2.24) is 9.80 Å². The van der Waals surface area contributed by atoms with Crippen molar-refractivity contribution in [3.05, 3.63) is 22.4 Å². The molecule has 1 aromatic rings. The fourth-order valence-electron chi connectivity index (χ4n) is 4.10. The molecule has 0 unspecified atom stereocenters. The van der Waals surface area contributed by atoms with Crippen molar-refractivity contribution in [2.45, 2.75) is 38.5 Å². The lowest BCUT2D eigenvalue weighted by Gasteiger charge is -2.46. The number of rotatable bonds is 3. The Bertz CT molecular complexity index is 586. The van der Waals surface area contributed by atoms with Crippen molar-refractivity contribution in [2.75, 3.05) is 26.2 Å². The van der Waals surface area contributed by atoms with Crippen LogP contribution < -0.4 is 0 Å². The minimum Gasteiger partial charge on any atom is -0.342 e. The smallest absolute Gasteiger partial charge is 0.263 e. The topological polar surface area (TPSA) is 40.6 Å². The molecule has 4 rings (SSSR count). The molecule has 1 spiro atoms. The van der Waals surface area contributed by atoms with E-state index in [1.165, 1.54) is 24.2 Å². The Labute approximate surface area is 141 Å². The second kappa shape index (κ2) is 5.93. The summed E-state index contributed by atoms with van der Waals surface area (Å²) in [5.41, 5.74) is -0.181. The summed E-state index contributed by atoms with van der Waals surface area (Å²) in [5, 5.41) is 1.94. The number of amides is 2. The van der Waals surface area contributed by atoms with Crippen LogP contribution in [0.25, 0.3) is 0 Å². The van der Waals surface area contributed by atoms with Gasteiger partial charge in [-0.2, -0.15) is 0 Å². The Morgan fingerprint density at radius 1 is 1.22 bits per heavy atom. The number of thiophene rings is 1. The highest BCUT2D eigenvalue weighted by molar-refractivity contribution is 7.12. The maximum Gasteiger partial charge on any atom is 0.263 e. The zero-order valence-corrected chi connectivity index (χ0v) is 14.3. The lowest BCUT2D eigenvalue weighted by molar-refractivity contribution is -0.149. The predicted molar refractivity (Wildman–Crippen MR) is 90.4 cm³/mol. The van der Waals surface area contributed by atoms with Gasteiger partial charge in [0.25, 0.3) is 5.91 Å². The zero-order chi connectivity index (χ0) is 15.9. The van der Waals surface area contributed by atoms with Gasteiger partial charge in [0.1, 0.15) is 0 Å². The molecule has 1 aliphatic carbocycles. The first-order valence-electron chi connectivity index (χ1n) is 8.80. The summed E-state index contributed by atoms with van der Waals surface area (Å²) in [4.78, 5) is 30.3. The van der Waals surface area contributed by atoms with E-state index in [1.807, 2.05) is 22.4 Å². The van der Waals surface area contributed by atoms with Gasteiger partial charge < -0.3 is 9.80 Å². The Balaban J connectivity index is 1.41. The Morgan fingerprint density at radius 2 is 2.00 bits per heavy atom. The van der Waals surface area contributed by atoms with Gasteiger partial charge in [-0.25, -0.2) is 0 Å². The molecular weight excluding hydrogens is 308 g/mol. The van der Waals surface area contributed by atoms with Gasteiger partial charge in [0, 0.05) is 26.2 Å². The molecule has 3 heterocycles. The van der Waals surface area contributed by atoms with Crippen LogP contribution in [0.1, 0.15) is 48.2 Å². The Morgan fingerprint density at radius 3 is 2.65 bits per heavy atom. The minimum absolute atomic E-state index is 0.132. The highest BCUT2D eigenvalue weighted by Crippen LogP contribution is 2.42. The van der Waals surface area contributed by atoms with E-state index in [2.05, 4.69) is 4.90 Å². The standard InChI is InChI=1S/C18H24N2O2S/c21-16(15-3-1-12-23-15)19-10-7-18(8-11-19)6-2-9-20(17(18)22)13-14-4-5-14/h1,3,12,14H,2,4-11,13H2. The number of carbonyl (C=O) groups excluding carboxylic acids is 2. The van der Waals surface area contributed by atoms with E-state index in [4.69, 9.17) is 0 Å². The van der Waals surface area contributed by atoms with E-state index >= 15 is 0 Å². The molecular formula is C18H24N2O2S. The summed E-state index contributed by atoms with van der Waals surface area (Å²) in [5.74, 6) is 1.27. The average molecular weight is 332 g/mol. The van der Waals surface area contributed by atoms with Gasteiger partial charge in [0.2, 0.25) is 5.91 Å². The SMILES string of the molecule is O=C(c1cccs1)N1CCC2(CCCN(CC3CC3)C2=O)CC1. The number of carbonyl (C=O) groups is 2. The molecule has 5 heteroatoms. The summed E-state index contributed by atoms with van der Waals surface area (Å²) in [6, 6.07) is 3.81. The molecule has 0 atom stereocenters. The second-order valence-electron chi connectivity index (χ2n) is 7.35. The van der Waals surface area contributed by atoms with Crippen LogP contribution in [0.2, 0.25) is 0 Å². The van der Waals surface area contributed by atoms with Gasteiger partial charge in [0.05, 0.1) is 10.3 Å². The molecule has 2 saturated heterocycles. The van der Waals surface area contributed by atoms with E-state index in [0.29, 0.717) is 5.91 Å². The first-order valence-corrected chi connectivity index (χ1v) is 9.68. The Kier molecular flexibility index (Phi) is 3.92. The van der Waals surface area contributed by atoms with Crippen molar-refractivity contribution >= 4 is 23.2 Å². The highest BCUT2D eigenvalue weighted by atomic mass is 32.1. The number of nitrogens with zero attached hydrogens (tertiary/aromatic N) is 2. The van der Waals surface area contributed by atoms with Crippen molar-refractivity contribution in [3.8, 4) is 0 Å². The monoisotopic (exact) mass is 332 g/mol. The third-order valence-electron chi connectivity index (χ3n) is 5.74. The van der Waals surface area contributed by atoms with Crippen LogP contribution in [0.15, 0.2) is 17.5 Å². The van der Waals surface area contributed by atoms with Crippen molar-refractivity contribution in [2.24, 2.45) is 11.3 Å². The first kappa shape index (κ1) is 15.2. The van der Waals surface area contributed by atoms with Gasteiger partial charge >= 0.3 is 0 Å². The zero-order valence-electron chi connectivity index (χ0n) is 13.5. The maximum absolute atomic E-state index is 13.0. The lowest BCUT2D eigenvalue weighted by Crippen LogP contribution is -2.54. The fraction of sp³-hybridized carbons (Fsp3) is 0.667. The van der Waals surface area contributed by atoms with Gasteiger partial charge in [-0.3, -0.25) is 9.59 Å². The lowest BCUT2D eigenvalue weighted by atomic mass is 9.71. The first-order chi connectivity index (χ1) is 11.2. The molecule has 0 aromatic carbocycles. The molecule has 2 amide bonds. The van der Waals surface area contributed by atoms with Gasteiger partial charge in [-0.05, 0) is 55.9 Å². The summed E-state index contributed by atoms with van der Waals surface area (Å²) in [7, 11) is 0. The molecule has 0 bridgehead atoms. The van der Waals surface area contributed by atoms with Crippen LogP contribution in [-0.2, 0) is 4.79 Å². The molecule has 0 radical (unpaired) electrons. The van der Waals surface area contributed by atoms with Crippen LogP contribution >= 0.6 is 11.3 Å². The van der Waals surface area contributed by atoms with Gasteiger partial charge in [-0.1, -0.05) is 6.07 Å². The third kappa shape index (κ3) is 2.91. The largest absolute Gasteiger partial charge is 0.342 e. The summed E-state index contributed by atoms with van der Waals surface area (Å²) < 4.78 is 0. The number of hydrogen-bond donors (Lipinski definition) is 0. The van der Waals surface area contributed by atoms with Gasteiger partial charge in [0.15, 0.2) is 0 Å². The average Bonchev–Trinajstić information content (AvgIpc) is 3.22. The normalized spacial score (nSPS) is 24.3. The summed E-state index contributed by atoms with van der Waals surface area (Å²) >= 11 is 1.50. The van der Waals surface area contributed by atoms with E-state index in [9.17, 15) is 9.59 Å². The molecule has 3 aliphatic rings. The highest BCUT2D eigenvalue weighted by Gasteiger charge is 2.47. The van der Waals surface area contributed by atoms with Crippen molar-refractivity contribution in [1.29, 1.82) is 0 Å². The van der Waals surface area contributed by atoms with E-state index in [0.717, 1.165) is 62.7 Å². The van der Waals surface area contributed by atoms with Crippen LogP contribution in [0.4, 0.5) is 0 Å². The Hall–Kier alpha value is -1.36. The third-order valence-corrected chi connectivity index (χ3v) is 6.60. The molecule has 4 nitrogen and oxygen atoms in total. The predicted octanol–water partition coefficient (Wildman–Crippen LogP) is 3.00. The molecule has 3 fully saturated rings. The molecule has 0 N–H and O–H groups in total. The van der Waals surface area contributed by atoms with E-state index in [1.54, 1.807) is 0 Å². The van der Waals surface area contributed by atoms with Crippen molar-refractivity contribution in [3.63, 3.8) is 0 Å². The second-order valence-corrected chi connectivity index (χ2v) is 8.30.